The minimum Gasteiger partial charge on any atom is -0.428 e. The molecule has 1 fully saturated rings. The van der Waals surface area contributed by atoms with Crippen LogP contribution in [-0.4, -0.2) is 48.8 Å². The molecule has 1 aliphatic heterocycles. The molecular weight excluding hydrogens is 405 g/mol. The fourth-order valence-electron chi connectivity index (χ4n) is 3.82. The molecule has 0 saturated carbocycles. The van der Waals surface area contributed by atoms with Gasteiger partial charge in [0.25, 0.3) is 5.91 Å². The Bertz CT molecular complexity index is 1230. The summed E-state index contributed by atoms with van der Waals surface area (Å²) >= 11 is 0. The minimum atomic E-state index is -0.583. The van der Waals surface area contributed by atoms with E-state index in [-0.39, 0.29) is 22.9 Å². The van der Waals surface area contributed by atoms with Crippen LogP contribution in [0.1, 0.15) is 35.0 Å². The van der Waals surface area contributed by atoms with Crippen molar-refractivity contribution in [2.45, 2.75) is 18.8 Å². The Labute approximate surface area is 175 Å². The third-order valence-electron chi connectivity index (χ3n) is 5.30. The van der Waals surface area contributed by atoms with Gasteiger partial charge in [0.1, 0.15) is 5.56 Å². The number of anilines is 3. The molecule has 12 heteroatoms. The number of rotatable bonds is 4. The zero-order valence-electron chi connectivity index (χ0n) is 16.3. The zero-order chi connectivity index (χ0) is 21.4. The first-order chi connectivity index (χ1) is 15.1. The van der Waals surface area contributed by atoms with E-state index in [2.05, 4.69) is 35.5 Å². The number of pyridine rings is 1. The SMILES string of the molecule is Nc1nn2cc(F)cnc2c1C(=O)Nc1cnccc1N1CCC(c2nnco2)CC1. The summed E-state index contributed by atoms with van der Waals surface area (Å²) in [7, 11) is 0. The number of nitrogens with two attached hydrogens (primary N) is 1. The standard InChI is InChI=1S/C19H18FN9O2/c20-12-7-23-17-15(16(21)27-29(17)9-12)18(30)25-13-8-22-4-1-14(13)28-5-2-11(3-6-28)19-26-24-10-31-19/h1,4,7-11H,2-3,5-6H2,(H2,21,27)(H,25,30). The van der Waals surface area contributed by atoms with E-state index in [9.17, 15) is 9.18 Å². The highest BCUT2D eigenvalue weighted by Gasteiger charge is 2.26. The maximum Gasteiger partial charge on any atom is 0.263 e. The minimum absolute atomic E-state index is 0.0404. The second kappa shape index (κ2) is 7.63. The van der Waals surface area contributed by atoms with Crippen LogP contribution in [0.3, 0.4) is 0 Å². The Kier molecular flexibility index (Phi) is 4.65. The molecule has 4 aromatic heterocycles. The number of nitrogen functional groups attached to an aromatic ring is 1. The van der Waals surface area contributed by atoms with Gasteiger partial charge in [0.05, 0.1) is 30.0 Å². The van der Waals surface area contributed by atoms with Crippen molar-refractivity contribution in [2.24, 2.45) is 0 Å². The first-order valence-electron chi connectivity index (χ1n) is 9.66. The number of hydrogen-bond acceptors (Lipinski definition) is 9. The lowest BCUT2D eigenvalue weighted by molar-refractivity contribution is 0.102. The average molecular weight is 423 g/mol. The zero-order valence-corrected chi connectivity index (χ0v) is 16.3. The third kappa shape index (κ3) is 3.52. The Morgan fingerprint density at radius 1 is 1.29 bits per heavy atom. The normalized spacial score (nSPS) is 14.8. The lowest BCUT2D eigenvalue weighted by Gasteiger charge is -2.33. The van der Waals surface area contributed by atoms with Gasteiger partial charge >= 0.3 is 0 Å². The first-order valence-corrected chi connectivity index (χ1v) is 9.66. The quantitative estimate of drug-likeness (QED) is 0.503. The lowest BCUT2D eigenvalue weighted by Crippen LogP contribution is -2.33. The molecule has 11 nitrogen and oxygen atoms in total. The Morgan fingerprint density at radius 2 is 2.13 bits per heavy atom. The van der Waals surface area contributed by atoms with Crippen LogP contribution in [0.15, 0.2) is 41.7 Å². The number of carbonyl (C=O) groups excluding carboxylic acids is 1. The monoisotopic (exact) mass is 423 g/mol. The molecule has 0 bridgehead atoms. The van der Waals surface area contributed by atoms with Crippen LogP contribution < -0.4 is 16.0 Å². The van der Waals surface area contributed by atoms with E-state index >= 15 is 0 Å². The van der Waals surface area contributed by atoms with Crippen LogP contribution >= 0.6 is 0 Å². The third-order valence-corrected chi connectivity index (χ3v) is 5.30. The molecule has 0 unspecified atom stereocenters. The summed E-state index contributed by atoms with van der Waals surface area (Å²) in [4.78, 5) is 23.2. The molecule has 0 atom stereocenters. The van der Waals surface area contributed by atoms with Crippen LogP contribution in [0.2, 0.25) is 0 Å². The molecule has 5 heterocycles. The van der Waals surface area contributed by atoms with Crippen LogP contribution in [0.5, 0.6) is 0 Å². The van der Waals surface area contributed by atoms with E-state index < -0.39 is 11.7 Å². The van der Waals surface area contributed by atoms with Crippen molar-refractivity contribution in [3.8, 4) is 0 Å². The summed E-state index contributed by atoms with van der Waals surface area (Å²) in [6.07, 6.45) is 8.39. The van der Waals surface area contributed by atoms with E-state index in [1.165, 1.54) is 6.39 Å². The Morgan fingerprint density at radius 3 is 2.90 bits per heavy atom. The highest BCUT2D eigenvalue weighted by Crippen LogP contribution is 2.33. The van der Waals surface area contributed by atoms with Crippen molar-refractivity contribution >= 4 is 28.7 Å². The highest BCUT2D eigenvalue weighted by atomic mass is 19.1. The number of nitrogens with one attached hydrogen (secondary N) is 1. The molecule has 5 rings (SSSR count). The van der Waals surface area contributed by atoms with Crippen LogP contribution in [-0.2, 0) is 0 Å². The van der Waals surface area contributed by atoms with E-state index in [1.807, 2.05) is 6.07 Å². The molecule has 0 aromatic carbocycles. The molecule has 1 aliphatic rings. The smallest absolute Gasteiger partial charge is 0.263 e. The lowest BCUT2D eigenvalue weighted by atomic mass is 9.96. The molecule has 31 heavy (non-hydrogen) atoms. The predicted octanol–water partition coefficient (Wildman–Crippen LogP) is 1.86. The number of hydrogen-bond donors (Lipinski definition) is 2. The van der Waals surface area contributed by atoms with E-state index in [0.717, 1.165) is 48.5 Å². The Hall–Kier alpha value is -4.09. The van der Waals surface area contributed by atoms with E-state index in [4.69, 9.17) is 10.2 Å². The fraction of sp³-hybridized carbons (Fsp3) is 0.263. The first kappa shape index (κ1) is 18.9. The average Bonchev–Trinajstić information content (AvgIpc) is 3.41. The van der Waals surface area contributed by atoms with Crippen molar-refractivity contribution in [3.63, 3.8) is 0 Å². The van der Waals surface area contributed by atoms with Crippen molar-refractivity contribution in [3.05, 3.63) is 54.5 Å². The van der Waals surface area contributed by atoms with Crippen molar-refractivity contribution in [1.82, 2.24) is 29.8 Å². The maximum absolute atomic E-state index is 13.4. The van der Waals surface area contributed by atoms with Crippen molar-refractivity contribution in [2.75, 3.05) is 29.0 Å². The fourth-order valence-corrected chi connectivity index (χ4v) is 3.82. The summed E-state index contributed by atoms with van der Waals surface area (Å²) in [5.41, 5.74) is 7.51. The number of amides is 1. The Balaban J connectivity index is 1.37. The summed E-state index contributed by atoms with van der Waals surface area (Å²) < 4.78 is 19.9. The molecule has 0 spiro atoms. The summed E-state index contributed by atoms with van der Waals surface area (Å²) in [6.45, 7) is 1.50. The van der Waals surface area contributed by atoms with Gasteiger partial charge in [-0.1, -0.05) is 0 Å². The summed E-state index contributed by atoms with van der Waals surface area (Å²) in [5, 5.41) is 14.6. The number of halogens is 1. The van der Waals surface area contributed by atoms with Crippen LogP contribution in [0, 0.1) is 5.82 Å². The second-order valence-electron chi connectivity index (χ2n) is 7.19. The summed E-state index contributed by atoms with van der Waals surface area (Å²) in [6, 6.07) is 1.84. The molecule has 1 saturated heterocycles. The van der Waals surface area contributed by atoms with Crippen LogP contribution in [0.25, 0.3) is 5.65 Å². The number of carbonyl (C=O) groups is 1. The molecular formula is C19H18FN9O2. The van der Waals surface area contributed by atoms with Gasteiger partial charge in [0, 0.05) is 25.2 Å². The highest BCUT2D eigenvalue weighted by molar-refractivity contribution is 6.12. The topological polar surface area (TPSA) is 140 Å². The van der Waals surface area contributed by atoms with Gasteiger partial charge < -0.3 is 20.4 Å². The predicted molar refractivity (Wildman–Crippen MR) is 108 cm³/mol. The second-order valence-corrected chi connectivity index (χ2v) is 7.19. The van der Waals surface area contributed by atoms with Gasteiger partial charge in [0.15, 0.2) is 17.3 Å². The van der Waals surface area contributed by atoms with Gasteiger partial charge in [-0.3, -0.25) is 9.78 Å². The maximum atomic E-state index is 13.4. The number of piperidine rings is 1. The summed E-state index contributed by atoms with van der Waals surface area (Å²) in [5.74, 6) is -0.262. The van der Waals surface area contributed by atoms with Crippen molar-refractivity contribution < 1.29 is 13.6 Å². The number of aromatic nitrogens is 6. The van der Waals surface area contributed by atoms with Gasteiger partial charge in [0.2, 0.25) is 12.3 Å². The van der Waals surface area contributed by atoms with Crippen molar-refractivity contribution in [1.29, 1.82) is 0 Å². The van der Waals surface area contributed by atoms with E-state index in [0.29, 0.717) is 11.6 Å². The molecule has 4 aromatic rings. The molecule has 1 amide bonds. The van der Waals surface area contributed by atoms with Gasteiger partial charge in [-0.15, -0.1) is 15.3 Å². The van der Waals surface area contributed by atoms with Crippen LogP contribution in [0.4, 0.5) is 21.6 Å². The largest absolute Gasteiger partial charge is 0.428 e. The number of fused-ring (bicyclic) bond motifs is 1. The van der Waals surface area contributed by atoms with Gasteiger partial charge in [-0.25, -0.2) is 13.9 Å². The molecule has 0 aliphatic carbocycles. The molecule has 0 radical (unpaired) electrons. The molecule has 158 valence electrons. The van der Waals surface area contributed by atoms with E-state index in [1.54, 1.807) is 12.4 Å². The van der Waals surface area contributed by atoms with Gasteiger partial charge in [-0.2, -0.15) is 0 Å². The van der Waals surface area contributed by atoms with Gasteiger partial charge in [-0.05, 0) is 18.9 Å². The number of nitrogens with zero attached hydrogens (tertiary/aromatic N) is 7. The molecule has 3 N–H and O–H groups in total.